The Labute approximate surface area is 104 Å². The van der Waals surface area contributed by atoms with Gasteiger partial charge >= 0.3 is 5.97 Å². The van der Waals surface area contributed by atoms with Gasteiger partial charge in [0.1, 0.15) is 6.04 Å². The summed E-state index contributed by atoms with van der Waals surface area (Å²) in [6.07, 6.45) is 0.0983. The average molecular weight is 247 g/mol. The third-order valence-corrected chi connectivity index (χ3v) is 2.46. The predicted octanol–water partition coefficient (Wildman–Crippen LogP) is -0.346. The minimum atomic E-state index is -1.12. The van der Waals surface area contributed by atoms with Crippen molar-refractivity contribution >= 4 is 11.8 Å². The maximum atomic E-state index is 11.4. The van der Waals surface area contributed by atoms with Gasteiger partial charge in [0.2, 0.25) is 0 Å². The second-order valence-electron chi connectivity index (χ2n) is 3.77. The molecule has 1 aromatic rings. The minimum Gasteiger partial charge on any atom is -0.480 e. The van der Waals surface area contributed by atoms with Crippen LogP contribution in [-0.4, -0.2) is 29.4 Å². The van der Waals surface area contributed by atoms with Gasteiger partial charge in [0.25, 0.3) is 0 Å². The van der Waals surface area contributed by atoms with Crippen molar-refractivity contribution in [3.63, 3.8) is 0 Å². The first kappa shape index (κ1) is 13.8. The fraction of sp³-hybridized carbons (Fsp3) is 0.250. The predicted molar refractivity (Wildman–Crippen MR) is 63.9 cm³/mol. The summed E-state index contributed by atoms with van der Waals surface area (Å²) in [6, 6.07) is 5.36. The number of ketones is 1. The van der Waals surface area contributed by atoms with Crippen molar-refractivity contribution in [2.45, 2.75) is 12.5 Å². The van der Waals surface area contributed by atoms with Gasteiger partial charge in [-0.05, 0) is 24.1 Å². The van der Waals surface area contributed by atoms with Crippen LogP contribution in [-0.2, 0) is 11.2 Å². The van der Waals surface area contributed by atoms with Crippen LogP contribution in [0.25, 0.3) is 0 Å². The van der Waals surface area contributed by atoms with Crippen LogP contribution in [0.1, 0.15) is 21.5 Å². The zero-order chi connectivity index (χ0) is 13.7. The molecule has 0 unspecified atom stereocenters. The Kier molecular flexibility index (Phi) is 4.54. The quantitative estimate of drug-likeness (QED) is 0.610. The number of Topliss-reactive ketones (excluding diaryl/α,β-unsaturated/α-hetero) is 1. The smallest absolute Gasteiger partial charge is 0.320 e. The zero-order valence-corrected chi connectivity index (χ0v) is 9.59. The van der Waals surface area contributed by atoms with Gasteiger partial charge in [0.05, 0.1) is 18.2 Å². The molecule has 94 valence electrons. The molecule has 0 radical (unpaired) electrons. The van der Waals surface area contributed by atoms with Gasteiger partial charge in [0.15, 0.2) is 5.78 Å². The van der Waals surface area contributed by atoms with Gasteiger partial charge < -0.3 is 16.6 Å². The number of nitrogens with two attached hydrogens (primary N) is 2. The molecule has 5 N–H and O–H groups in total. The largest absolute Gasteiger partial charge is 0.480 e. The molecule has 18 heavy (non-hydrogen) atoms. The van der Waals surface area contributed by atoms with Crippen LogP contribution < -0.4 is 11.5 Å². The van der Waals surface area contributed by atoms with Gasteiger partial charge in [0, 0.05) is 5.56 Å². The van der Waals surface area contributed by atoms with Gasteiger partial charge in [-0.1, -0.05) is 6.07 Å². The fourth-order valence-electron chi connectivity index (χ4n) is 1.51. The Morgan fingerprint density at radius 1 is 1.44 bits per heavy atom. The normalized spacial score (nSPS) is 11.6. The van der Waals surface area contributed by atoms with Crippen LogP contribution in [0.4, 0.5) is 0 Å². The van der Waals surface area contributed by atoms with Crippen LogP contribution >= 0.6 is 0 Å². The van der Waals surface area contributed by atoms with E-state index in [0.29, 0.717) is 5.56 Å². The lowest BCUT2D eigenvalue weighted by molar-refractivity contribution is -0.138. The van der Waals surface area contributed by atoms with Crippen LogP contribution in [0.2, 0.25) is 0 Å². The molecule has 0 amide bonds. The fourth-order valence-corrected chi connectivity index (χ4v) is 1.51. The third kappa shape index (κ3) is 3.13. The zero-order valence-electron chi connectivity index (χ0n) is 9.59. The van der Waals surface area contributed by atoms with E-state index in [1.165, 1.54) is 12.1 Å². The Bertz CT molecular complexity index is 520. The molecule has 6 nitrogen and oxygen atoms in total. The molecule has 1 atom stereocenters. The first-order chi connectivity index (χ1) is 8.49. The number of nitrogens with zero attached hydrogens (tertiary/aromatic N) is 1. The number of carbonyl (C=O) groups is 2. The summed E-state index contributed by atoms with van der Waals surface area (Å²) in [4.78, 5) is 22.1. The maximum Gasteiger partial charge on any atom is 0.320 e. The summed E-state index contributed by atoms with van der Waals surface area (Å²) in [5.41, 5.74) is 11.6. The molecule has 0 spiro atoms. The Morgan fingerprint density at radius 2 is 2.11 bits per heavy atom. The van der Waals surface area contributed by atoms with Crippen molar-refractivity contribution in [2.75, 3.05) is 6.54 Å². The number of rotatable bonds is 5. The lowest BCUT2D eigenvalue weighted by Gasteiger charge is -2.08. The van der Waals surface area contributed by atoms with E-state index < -0.39 is 12.0 Å². The molecule has 0 aromatic heterocycles. The number of hydrogen-bond donors (Lipinski definition) is 3. The van der Waals surface area contributed by atoms with Crippen LogP contribution in [0.3, 0.4) is 0 Å². The Hall–Kier alpha value is -2.23. The second-order valence-corrected chi connectivity index (χ2v) is 3.77. The van der Waals surface area contributed by atoms with Gasteiger partial charge in [-0.2, -0.15) is 5.26 Å². The summed E-state index contributed by atoms with van der Waals surface area (Å²) in [7, 11) is 0. The van der Waals surface area contributed by atoms with Gasteiger partial charge in [-0.25, -0.2) is 0 Å². The highest BCUT2D eigenvalue weighted by atomic mass is 16.4. The van der Waals surface area contributed by atoms with E-state index in [1.807, 2.05) is 6.07 Å². The molecule has 1 aromatic carbocycles. The first-order valence-electron chi connectivity index (χ1n) is 5.24. The summed E-state index contributed by atoms with van der Waals surface area (Å²) in [6.45, 7) is -0.178. The molecule has 0 saturated heterocycles. The van der Waals surface area contributed by atoms with Crippen LogP contribution in [0.15, 0.2) is 18.2 Å². The highest BCUT2D eigenvalue weighted by Crippen LogP contribution is 2.13. The summed E-state index contributed by atoms with van der Waals surface area (Å²) >= 11 is 0. The maximum absolute atomic E-state index is 11.4. The highest BCUT2D eigenvalue weighted by molar-refractivity contribution is 5.99. The number of hydrogen-bond acceptors (Lipinski definition) is 5. The standard InChI is InChI=1S/C12H13N3O3/c13-5-8-3-7(4-10(15)12(17)18)1-2-9(8)11(16)6-14/h1-3,10H,4,6,14-15H2,(H,17,18)/t10-/m0/s1. The number of carboxylic acid groups (broad SMARTS) is 1. The molecule has 6 heteroatoms. The van der Waals surface area contributed by atoms with E-state index in [4.69, 9.17) is 21.8 Å². The SMILES string of the molecule is N#Cc1cc(C[C@H](N)C(=O)O)ccc1C(=O)CN. The molecular formula is C12H13N3O3. The second kappa shape index (κ2) is 5.91. The lowest BCUT2D eigenvalue weighted by Crippen LogP contribution is -2.32. The van der Waals surface area contributed by atoms with E-state index in [-0.39, 0.29) is 29.9 Å². The van der Waals surface area contributed by atoms with Crippen molar-refractivity contribution in [1.29, 1.82) is 5.26 Å². The molecule has 1 rings (SSSR count). The minimum absolute atomic E-state index is 0.0983. The van der Waals surface area contributed by atoms with Crippen molar-refractivity contribution in [3.8, 4) is 6.07 Å². The third-order valence-electron chi connectivity index (χ3n) is 2.46. The van der Waals surface area contributed by atoms with Gasteiger partial charge in [-0.15, -0.1) is 0 Å². The lowest BCUT2D eigenvalue weighted by atomic mass is 9.98. The Balaban J connectivity index is 3.03. The van der Waals surface area contributed by atoms with Gasteiger partial charge in [-0.3, -0.25) is 9.59 Å². The van der Waals surface area contributed by atoms with E-state index in [1.54, 1.807) is 6.07 Å². The first-order valence-corrected chi connectivity index (χ1v) is 5.24. The van der Waals surface area contributed by atoms with Crippen molar-refractivity contribution in [3.05, 3.63) is 34.9 Å². The summed E-state index contributed by atoms with van der Waals surface area (Å²) in [5, 5.41) is 17.6. The number of benzene rings is 1. The highest BCUT2D eigenvalue weighted by Gasteiger charge is 2.15. The monoisotopic (exact) mass is 247 g/mol. The van der Waals surface area contributed by atoms with E-state index in [9.17, 15) is 9.59 Å². The number of carboxylic acids is 1. The number of carbonyl (C=O) groups excluding carboxylic acids is 1. The molecule has 0 aliphatic carbocycles. The summed E-state index contributed by atoms with van der Waals surface area (Å²) in [5.74, 6) is -1.45. The molecule has 0 bridgehead atoms. The van der Waals surface area contributed by atoms with Crippen molar-refractivity contribution < 1.29 is 14.7 Å². The molecule has 0 saturated carbocycles. The molecule has 0 aliphatic heterocycles. The van der Waals surface area contributed by atoms with E-state index in [2.05, 4.69) is 0 Å². The van der Waals surface area contributed by atoms with Crippen molar-refractivity contribution in [1.82, 2.24) is 0 Å². The molecule has 0 aliphatic rings. The van der Waals surface area contributed by atoms with E-state index >= 15 is 0 Å². The van der Waals surface area contributed by atoms with E-state index in [0.717, 1.165) is 0 Å². The Morgan fingerprint density at radius 3 is 2.61 bits per heavy atom. The van der Waals surface area contributed by atoms with Crippen LogP contribution in [0, 0.1) is 11.3 Å². The van der Waals surface area contributed by atoms with Crippen LogP contribution in [0.5, 0.6) is 0 Å². The number of nitriles is 1. The molecule has 0 heterocycles. The molecule has 0 fully saturated rings. The summed E-state index contributed by atoms with van der Waals surface area (Å²) < 4.78 is 0. The average Bonchev–Trinajstić information content (AvgIpc) is 2.37. The van der Waals surface area contributed by atoms with Crippen molar-refractivity contribution in [2.24, 2.45) is 11.5 Å². The number of aliphatic carboxylic acids is 1. The molecular weight excluding hydrogens is 234 g/mol. The topological polar surface area (TPSA) is 130 Å².